The number of hydrogen-bond donors (Lipinski definition) is 0. The van der Waals surface area contributed by atoms with Gasteiger partial charge in [0.1, 0.15) is 5.60 Å². The number of carbonyl (C=O) groups excluding carboxylic acids is 1. The molecular formula is C13H25NO8S2. The molecule has 1 heterocycles. The molecule has 0 aromatic rings. The summed E-state index contributed by atoms with van der Waals surface area (Å²) < 4.78 is 59.4. The normalized spacial score (nSPS) is 22.6. The third-order valence-corrected chi connectivity index (χ3v) is 4.25. The molecular weight excluding hydrogens is 362 g/mol. The summed E-state index contributed by atoms with van der Waals surface area (Å²) in [4.78, 5) is 13.6. The standard InChI is InChI=1S/C13H25NO8S2/c1-13(2,3)22-12(15)14-7-10(8-20-23(4,16)17)6-11(14)9-21-24(5,18)19/h10-11H,6-9H2,1-5H3. The number of hydrogen-bond acceptors (Lipinski definition) is 8. The molecule has 0 aliphatic carbocycles. The van der Waals surface area contributed by atoms with Gasteiger partial charge in [0.25, 0.3) is 20.2 Å². The number of ether oxygens (including phenoxy) is 1. The lowest BCUT2D eigenvalue weighted by atomic mass is 10.1. The van der Waals surface area contributed by atoms with Crippen LogP contribution in [0.4, 0.5) is 4.79 Å². The minimum atomic E-state index is -3.65. The number of carbonyl (C=O) groups is 1. The van der Waals surface area contributed by atoms with Gasteiger partial charge in [-0.25, -0.2) is 4.79 Å². The lowest BCUT2D eigenvalue weighted by Crippen LogP contribution is -2.42. The van der Waals surface area contributed by atoms with Crippen molar-refractivity contribution in [1.82, 2.24) is 4.90 Å². The van der Waals surface area contributed by atoms with Crippen molar-refractivity contribution in [3.05, 3.63) is 0 Å². The Labute approximate surface area is 143 Å². The fourth-order valence-corrected chi connectivity index (χ4v) is 3.10. The Morgan fingerprint density at radius 2 is 1.54 bits per heavy atom. The van der Waals surface area contributed by atoms with Gasteiger partial charge in [-0.1, -0.05) is 0 Å². The van der Waals surface area contributed by atoms with E-state index in [-0.39, 0.29) is 25.7 Å². The number of nitrogens with zero attached hydrogens (tertiary/aromatic N) is 1. The molecule has 0 spiro atoms. The Hall–Kier alpha value is -0.910. The van der Waals surface area contributed by atoms with Crippen LogP contribution in [0.1, 0.15) is 27.2 Å². The number of amides is 1. The summed E-state index contributed by atoms with van der Waals surface area (Å²) >= 11 is 0. The maximum absolute atomic E-state index is 12.3. The van der Waals surface area contributed by atoms with E-state index in [9.17, 15) is 21.6 Å². The van der Waals surface area contributed by atoms with Crippen LogP contribution in [0.25, 0.3) is 0 Å². The highest BCUT2D eigenvalue weighted by molar-refractivity contribution is 7.86. The van der Waals surface area contributed by atoms with Crippen molar-refractivity contribution in [3.8, 4) is 0 Å². The summed E-state index contributed by atoms with van der Waals surface area (Å²) in [7, 11) is -7.25. The average Bonchev–Trinajstić information content (AvgIpc) is 2.73. The highest BCUT2D eigenvalue weighted by Crippen LogP contribution is 2.26. The molecule has 142 valence electrons. The fraction of sp³-hybridized carbons (Fsp3) is 0.923. The minimum absolute atomic E-state index is 0.0898. The largest absolute Gasteiger partial charge is 0.444 e. The van der Waals surface area contributed by atoms with Crippen molar-refractivity contribution in [3.63, 3.8) is 0 Å². The van der Waals surface area contributed by atoms with E-state index >= 15 is 0 Å². The van der Waals surface area contributed by atoms with E-state index in [1.807, 2.05) is 0 Å². The quantitative estimate of drug-likeness (QED) is 0.607. The van der Waals surface area contributed by atoms with Crippen LogP contribution in [0.15, 0.2) is 0 Å². The second kappa shape index (κ2) is 7.54. The fourth-order valence-electron chi connectivity index (χ4n) is 2.26. The first-order valence-corrected chi connectivity index (χ1v) is 11.0. The van der Waals surface area contributed by atoms with Gasteiger partial charge in [0, 0.05) is 12.5 Å². The van der Waals surface area contributed by atoms with Gasteiger partial charge in [-0.15, -0.1) is 0 Å². The van der Waals surface area contributed by atoms with E-state index in [1.165, 1.54) is 4.90 Å². The lowest BCUT2D eigenvalue weighted by Gasteiger charge is -2.28. The van der Waals surface area contributed by atoms with Crippen LogP contribution in [0.5, 0.6) is 0 Å². The predicted octanol–water partition coefficient (Wildman–Crippen LogP) is 0.564. The topological polar surface area (TPSA) is 116 Å². The van der Waals surface area contributed by atoms with Crippen LogP contribution in [-0.4, -0.2) is 71.7 Å². The van der Waals surface area contributed by atoms with Crippen LogP contribution in [0.3, 0.4) is 0 Å². The van der Waals surface area contributed by atoms with Gasteiger partial charge >= 0.3 is 6.09 Å². The highest BCUT2D eigenvalue weighted by atomic mass is 32.2. The van der Waals surface area contributed by atoms with E-state index in [1.54, 1.807) is 20.8 Å². The van der Waals surface area contributed by atoms with Gasteiger partial charge in [0.15, 0.2) is 0 Å². The summed E-state index contributed by atoms with van der Waals surface area (Å²) in [6.45, 7) is 5.04. The van der Waals surface area contributed by atoms with E-state index in [0.29, 0.717) is 6.42 Å². The van der Waals surface area contributed by atoms with Crippen LogP contribution >= 0.6 is 0 Å². The molecule has 2 atom stereocenters. The van der Waals surface area contributed by atoms with Gasteiger partial charge in [-0.05, 0) is 27.2 Å². The van der Waals surface area contributed by atoms with Gasteiger partial charge in [-0.2, -0.15) is 16.8 Å². The third-order valence-electron chi connectivity index (χ3n) is 3.12. The molecule has 0 N–H and O–H groups in total. The highest BCUT2D eigenvalue weighted by Gasteiger charge is 2.38. The van der Waals surface area contributed by atoms with Crippen molar-refractivity contribution < 1.29 is 34.7 Å². The molecule has 1 amide bonds. The van der Waals surface area contributed by atoms with Crippen LogP contribution in [0, 0.1) is 5.92 Å². The zero-order chi connectivity index (χ0) is 18.8. The summed E-state index contributed by atoms with van der Waals surface area (Å²) in [6.07, 6.45) is 1.61. The Balaban J connectivity index is 2.79. The van der Waals surface area contributed by atoms with Crippen molar-refractivity contribution in [1.29, 1.82) is 0 Å². The molecule has 0 aromatic carbocycles. The Morgan fingerprint density at radius 3 is 2.00 bits per heavy atom. The average molecular weight is 387 g/mol. The first-order chi connectivity index (χ1) is 10.7. The second-order valence-electron chi connectivity index (χ2n) is 6.87. The molecule has 1 aliphatic rings. The first kappa shape index (κ1) is 21.1. The molecule has 11 heteroatoms. The van der Waals surface area contributed by atoms with Gasteiger partial charge < -0.3 is 9.64 Å². The summed E-state index contributed by atoms with van der Waals surface area (Å²) in [5.74, 6) is -0.264. The molecule has 0 bridgehead atoms. The Morgan fingerprint density at radius 1 is 1.04 bits per heavy atom. The third kappa shape index (κ3) is 8.27. The van der Waals surface area contributed by atoms with Crippen molar-refractivity contribution in [2.45, 2.75) is 38.8 Å². The van der Waals surface area contributed by atoms with Crippen LogP contribution < -0.4 is 0 Å². The lowest BCUT2D eigenvalue weighted by molar-refractivity contribution is 0.0183. The molecule has 1 rings (SSSR count). The van der Waals surface area contributed by atoms with E-state index in [4.69, 9.17) is 13.1 Å². The van der Waals surface area contributed by atoms with Crippen LogP contribution in [-0.2, 0) is 33.3 Å². The van der Waals surface area contributed by atoms with Gasteiger partial charge in [0.05, 0.1) is 31.8 Å². The summed E-state index contributed by atoms with van der Waals surface area (Å²) in [6, 6.07) is -0.539. The molecule has 0 saturated carbocycles. The van der Waals surface area contributed by atoms with Crippen molar-refractivity contribution in [2.75, 3.05) is 32.3 Å². The smallest absolute Gasteiger partial charge is 0.410 e. The number of rotatable bonds is 6. The Bertz CT molecular complexity index is 650. The van der Waals surface area contributed by atoms with Crippen molar-refractivity contribution >= 4 is 26.3 Å². The molecule has 0 aromatic heterocycles. The maximum atomic E-state index is 12.3. The first-order valence-electron chi connectivity index (χ1n) is 7.35. The molecule has 2 unspecified atom stereocenters. The molecule has 1 fully saturated rings. The second-order valence-corrected chi connectivity index (χ2v) is 10.2. The monoisotopic (exact) mass is 387 g/mol. The summed E-state index contributed by atoms with van der Waals surface area (Å²) in [5.41, 5.74) is -0.708. The molecule has 9 nitrogen and oxygen atoms in total. The zero-order valence-electron chi connectivity index (χ0n) is 14.5. The van der Waals surface area contributed by atoms with E-state index < -0.39 is 38.0 Å². The van der Waals surface area contributed by atoms with Gasteiger partial charge in [-0.3, -0.25) is 8.37 Å². The van der Waals surface area contributed by atoms with E-state index in [2.05, 4.69) is 0 Å². The maximum Gasteiger partial charge on any atom is 0.410 e. The van der Waals surface area contributed by atoms with Crippen LogP contribution in [0.2, 0.25) is 0 Å². The minimum Gasteiger partial charge on any atom is -0.444 e. The molecule has 0 radical (unpaired) electrons. The van der Waals surface area contributed by atoms with Gasteiger partial charge in [0.2, 0.25) is 0 Å². The predicted molar refractivity (Wildman–Crippen MR) is 86.4 cm³/mol. The molecule has 24 heavy (non-hydrogen) atoms. The van der Waals surface area contributed by atoms with Crippen molar-refractivity contribution in [2.24, 2.45) is 5.92 Å². The Kier molecular flexibility index (Phi) is 6.64. The molecule has 1 aliphatic heterocycles. The van der Waals surface area contributed by atoms with E-state index in [0.717, 1.165) is 12.5 Å². The zero-order valence-corrected chi connectivity index (χ0v) is 16.1. The SMILES string of the molecule is CC(C)(C)OC(=O)N1CC(COS(C)(=O)=O)CC1COS(C)(=O)=O. The summed E-state index contributed by atoms with van der Waals surface area (Å²) in [5, 5.41) is 0. The molecule has 1 saturated heterocycles. The number of likely N-dealkylation sites (tertiary alicyclic amines) is 1.